The van der Waals surface area contributed by atoms with Gasteiger partial charge in [-0.25, -0.2) is 4.98 Å². The topological polar surface area (TPSA) is 116 Å². The maximum atomic E-state index is 11.8. The SMILES string of the molecule is CC(=O)OCc1cc(=O)n2[nH]c(COC(C)=O)nc2n1. The molecule has 0 unspecified atom stereocenters. The summed E-state index contributed by atoms with van der Waals surface area (Å²) in [6.07, 6.45) is 0. The molecule has 0 aliphatic carbocycles. The molecule has 0 atom stereocenters. The number of rotatable bonds is 4. The van der Waals surface area contributed by atoms with E-state index in [0.717, 1.165) is 4.52 Å². The molecular formula is C11H12N4O5. The third-order valence-corrected chi connectivity index (χ3v) is 2.27. The Hall–Kier alpha value is -2.71. The average molecular weight is 280 g/mol. The highest BCUT2D eigenvalue weighted by molar-refractivity contribution is 5.66. The number of fused-ring (bicyclic) bond motifs is 1. The molecule has 2 heterocycles. The third-order valence-electron chi connectivity index (χ3n) is 2.27. The van der Waals surface area contributed by atoms with Gasteiger partial charge in [0.15, 0.2) is 12.4 Å². The molecule has 2 aromatic heterocycles. The number of H-pyrrole nitrogens is 1. The van der Waals surface area contributed by atoms with Gasteiger partial charge < -0.3 is 9.47 Å². The van der Waals surface area contributed by atoms with Gasteiger partial charge in [-0.1, -0.05) is 0 Å². The Morgan fingerprint density at radius 3 is 2.50 bits per heavy atom. The maximum absolute atomic E-state index is 11.8. The third kappa shape index (κ3) is 3.19. The lowest BCUT2D eigenvalue weighted by atomic mass is 10.4. The summed E-state index contributed by atoms with van der Waals surface area (Å²) in [4.78, 5) is 41.3. The van der Waals surface area contributed by atoms with Crippen LogP contribution < -0.4 is 5.56 Å². The van der Waals surface area contributed by atoms with Crippen molar-refractivity contribution in [2.45, 2.75) is 27.1 Å². The van der Waals surface area contributed by atoms with Crippen LogP contribution in [0.25, 0.3) is 5.78 Å². The van der Waals surface area contributed by atoms with Crippen molar-refractivity contribution in [3.8, 4) is 0 Å². The number of hydrogen-bond donors (Lipinski definition) is 1. The predicted molar refractivity (Wildman–Crippen MR) is 64.5 cm³/mol. The van der Waals surface area contributed by atoms with E-state index in [1.807, 2.05) is 0 Å². The van der Waals surface area contributed by atoms with Crippen LogP contribution >= 0.6 is 0 Å². The van der Waals surface area contributed by atoms with Crippen LogP contribution in [0.5, 0.6) is 0 Å². The van der Waals surface area contributed by atoms with E-state index in [0.29, 0.717) is 0 Å². The first-order chi connectivity index (χ1) is 9.45. The molecule has 0 aliphatic rings. The zero-order valence-corrected chi connectivity index (χ0v) is 10.9. The molecule has 1 N–H and O–H groups in total. The fraction of sp³-hybridized carbons (Fsp3) is 0.364. The molecule has 9 heteroatoms. The first kappa shape index (κ1) is 13.7. The zero-order valence-electron chi connectivity index (χ0n) is 10.9. The quantitative estimate of drug-likeness (QED) is 0.753. The molecule has 0 fully saturated rings. The molecule has 0 aliphatic heterocycles. The Morgan fingerprint density at radius 1 is 1.20 bits per heavy atom. The van der Waals surface area contributed by atoms with Crippen molar-refractivity contribution in [2.75, 3.05) is 0 Å². The number of aromatic nitrogens is 4. The number of esters is 2. The molecule has 106 valence electrons. The number of carbonyl (C=O) groups excluding carboxylic acids is 2. The molecule has 2 rings (SSSR count). The summed E-state index contributed by atoms with van der Waals surface area (Å²) in [7, 11) is 0. The fourth-order valence-corrected chi connectivity index (χ4v) is 1.46. The van der Waals surface area contributed by atoms with Gasteiger partial charge in [-0.15, -0.1) is 0 Å². The summed E-state index contributed by atoms with van der Waals surface area (Å²) in [6, 6.07) is 1.23. The maximum Gasteiger partial charge on any atom is 0.303 e. The number of aromatic amines is 1. The van der Waals surface area contributed by atoms with Crippen LogP contribution in [0.15, 0.2) is 10.9 Å². The molecule has 2 aromatic rings. The molecule has 20 heavy (non-hydrogen) atoms. The molecule has 0 radical (unpaired) electrons. The highest BCUT2D eigenvalue weighted by Crippen LogP contribution is 2.01. The molecule has 0 saturated heterocycles. The van der Waals surface area contributed by atoms with E-state index in [1.165, 1.54) is 19.9 Å². The Kier molecular flexibility index (Phi) is 3.78. The minimum Gasteiger partial charge on any atom is -0.459 e. The van der Waals surface area contributed by atoms with Gasteiger partial charge in [0.05, 0.1) is 5.69 Å². The van der Waals surface area contributed by atoms with Crippen molar-refractivity contribution in [3.63, 3.8) is 0 Å². The van der Waals surface area contributed by atoms with Crippen molar-refractivity contribution in [3.05, 3.63) is 27.9 Å². The lowest BCUT2D eigenvalue weighted by Gasteiger charge is -2.00. The average Bonchev–Trinajstić information content (AvgIpc) is 2.77. The van der Waals surface area contributed by atoms with Crippen LogP contribution in [0.2, 0.25) is 0 Å². The molecule has 0 saturated carbocycles. The number of carbonyl (C=O) groups is 2. The van der Waals surface area contributed by atoms with Crippen LogP contribution in [0.1, 0.15) is 25.4 Å². The van der Waals surface area contributed by atoms with Crippen molar-refractivity contribution in [1.29, 1.82) is 0 Å². The molecular weight excluding hydrogens is 268 g/mol. The van der Waals surface area contributed by atoms with E-state index in [4.69, 9.17) is 9.47 Å². The van der Waals surface area contributed by atoms with Crippen LogP contribution in [-0.2, 0) is 32.3 Å². The second-order valence-corrected chi connectivity index (χ2v) is 3.95. The van der Waals surface area contributed by atoms with Gasteiger partial charge in [-0.3, -0.25) is 19.5 Å². The Balaban J connectivity index is 2.27. The first-order valence-electron chi connectivity index (χ1n) is 5.70. The van der Waals surface area contributed by atoms with Crippen LogP contribution in [-0.4, -0.2) is 31.5 Å². The Bertz CT molecular complexity index is 717. The van der Waals surface area contributed by atoms with Gasteiger partial charge >= 0.3 is 11.9 Å². The van der Waals surface area contributed by atoms with Crippen molar-refractivity contribution in [2.24, 2.45) is 0 Å². The van der Waals surface area contributed by atoms with Crippen LogP contribution in [0.3, 0.4) is 0 Å². The van der Waals surface area contributed by atoms with E-state index in [2.05, 4.69) is 15.1 Å². The minimum absolute atomic E-state index is 0.0859. The van der Waals surface area contributed by atoms with E-state index >= 15 is 0 Å². The largest absolute Gasteiger partial charge is 0.459 e. The van der Waals surface area contributed by atoms with Gasteiger partial charge in [-0.05, 0) is 0 Å². The summed E-state index contributed by atoms with van der Waals surface area (Å²) in [5, 5.41) is 2.66. The number of hydrogen-bond acceptors (Lipinski definition) is 7. The highest BCUT2D eigenvalue weighted by atomic mass is 16.5. The fourth-order valence-electron chi connectivity index (χ4n) is 1.46. The second-order valence-electron chi connectivity index (χ2n) is 3.95. The van der Waals surface area contributed by atoms with E-state index in [-0.39, 0.29) is 30.5 Å². The zero-order chi connectivity index (χ0) is 14.7. The first-order valence-corrected chi connectivity index (χ1v) is 5.70. The molecule has 0 bridgehead atoms. The van der Waals surface area contributed by atoms with Crippen LogP contribution in [0.4, 0.5) is 0 Å². The van der Waals surface area contributed by atoms with Gasteiger partial charge in [0.25, 0.3) is 11.3 Å². The smallest absolute Gasteiger partial charge is 0.303 e. The summed E-state index contributed by atoms with van der Waals surface area (Å²) in [6.45, 7) is 2.34. The summed E-state index contributed by atoms with van der Waals surface area (Å²) < 4.78 is 10.6. The van der Waals surface area contributed by atoms with Crippen molar-refractivity contribution in [1.82, 2.24) is 19.6 Å². The molecule has 0 aromatic carbocycles. The number of ether oxygens (including phenoxy) is 2. The normalized spacial score (nSPS) is 10.5. The van der Waals surface area contributed by atoms with Gasteiger partial charge in [0.1, 0.15) is 6.61 Å². The Morgan fingerprint density at radius 2 is 1.85 bits per heavy atom. The van der Waals surface area contributed by atoms with E-state index < -0.39 is 17.5 Å². The van der Waals surface area contributed by atoms with Gasteiger partial charge in [0, 0.05) is 19.9 Å². The molecule has 9 nitrogen and oxygen atoms in total. The van der Waals surface area contributed by atoms with Crippen molar-refractivity contribution < 1.29 is 19.1 Å². The monoisotopic (exact) mass is 280 g/mol. The lowest BCUT2D eigenvalue weighted by Crippen LogP contribution is -2.16. The van der Waals surface area contributed by atoms with Gasteiger partial charge in [0.2, 0.25) is 0 Å². The summed E-state index contributed by atoms with van der Waals surface area (Å²) in [5.41, 5.74) is -0.116. The van der Waals surface area contributed by atoms with Gasteiger partial charge in [-0.2, -0.15) is 9.50 Å². The van der Waals surface area contributed by atoms with E-state index in [9.17, 15) is 14.4 Å². The predicted octanol–water partition coefficient (Wildman–Crippen LogP) is -0.456. The lowest BCUT2D eigenvalue weighted by molar-refractivity contribution is -0.143. The molecule has 0 spiro atoms. The standard InChI is InChI=1S/C11H12N4O5/c1-6(16)19-4-8-3-10(18)15-11(12-8)13-9(14-15)5-20-7(2)17/h3H,4-5H2,1-2H3,(H,12,13,14). The number of nitrogens with one attached hydrogen (secondary N) is 1. The van der Waals surface area contributed by atoms with Crippen LogP contribution in [0, 0.1) is 0 Å². The summed E-state index contributed by atoms with van der Waals surface area (Å²) in [5.74, 6) is -0.526. The summed E-state index contributed by atoms with van der Waals surface area (Å²) >= 11 is 0. The van der Waals surface area contributed by atoms with Crippen molar-refractivity contribution >= 4 is 17.7 Å². The minimum atomic E-state index is -0.468. The second kappa shape index (κ2) is 5.51. The van der Waals surface area contributed by atoms with E-state index in [1.54, 1.807) is 0 Å². The highest BCUT2D eigenvalue weighted by Gasteiger charge is 2.09. The number of nitrogens with zero attached hydrogens (tertiary/aromatic N) is 3. The Labute approximate surface area is 112 Å². The molecule has 0 amide bonds.